The smallest absolute Gasteiger partial charge is 0.257 e. The van der Waals surface area contributed by atoms with Crippen LogP contribution in [-0.4, -0.2) is 48.0 Å². The Hall–Kier alpha value is -2.93. The predicted octanol–water partition coefficient (Wildman–Crippen LogP) is 3.73. The van der Waals surface area contributed by atoms with Gasteiger partial charge in [0.25, 0.3) is 5.91 Å². The lowest BCUT2D eigenvalue weighted by Gasteiger charge is -2.37. The number of hydrogen-bond donors (Lipinski definition) is 2. The Morgan fingerprint density at radius 2 is 1.52 bits per heavy atom. The van der Waals surface area contributed by atoms with Crippen LogP contribution in [0, 0.1) is 19.8 Å². The maximum absolute atomic E-state index is 12.5. The van der Waals surface area contributed by atoms with Crippen LogP contribution in [0.3, 0.4) is 0 Å². The predicted molar refractivity (Wildman–Crippen MR) is 130 cm³/mol. The highest BCUT2D eigenvalue weighted by molar-refractivity contribution is 7.80. The normalized spacial score (nSPS) is 13.8. The zero-order valence-electron chi connectivity index (χ0n) is 18.6. The van der Waals surface area contributed by atoms with E-state index in [4.69, 9.17) is 12.2 Å². The quantitative estimate of drug-likeness (QED) is 0.712. The highest BCUT2D eigenvalue weighted by atomic mass is 32.1. The van der Waals surface area contributed by atoms with Gasteiger partial charge in [0.15, 0.2) is 5.11 Å². The fourth-order valence-electron chi connectivity index (χ4n) is 3.75. The topological polar surface area (TPSA) is 64.7 Å². The highest BCUT2D eigenvalue weighted by Crippen LogP contribution is 2.20. The van der Waals surface area contributed by atoms with Crippen LogP contribution >= 0.6 is 12.2 Å². The molecule has 0 spiro atoms. The van der Waals surface area contributed by atoms with Crippen LogP contribution in [-0.2, 0) is 4.79 Å². The van der Waals surface area contributed by atoms with E-state index in [9.17, 15) is 9.59 Å². The average Bonchev–Trinajstić information content (AvgIpc) is 2.73. The molecule has 0 bridgehead atoms. The second kappa shape index (κ2) is 9.92. The van der Waals surface area contributed by atoms with E-state index in [1.165, 1.54) is 0 Å². The molecule has 0 aromatic heterocycles. The molecule has 2 amide bonds. The fourth-order valence-corrected chi connectivity index (χ4v) is 3.96. The van der Waals surface area contributed by atoms with Gasteiger partial charge in [-0.05, 0) is 62.5 Å². The van der Waals surface area contributed by atoms with Gasteiger partial charge < -0.3 is 15.1 Å². The van der Waals surface area contributed by atoms with Gasteiger partial charge in [0.05, 0.1) is 0 Å². The summed E-state index contributed by atoms with van der Waals surface area (Å²) < 4.78 is 0. The second-order valence-electron chi connectivity index (χ2n) is 8.30. The first kappa shape index (κ1) is 22.7. The summed E-state index contributed by atoms with van der Waals surface area (Å²) in [6, 6.07) is 13.6. The van der Waals surface area contributed by atoms with Gasteiger partial charge in [-0.15, -0.1) is 0 Å². The molecule has 0 radical (unpaired) electrons. The molecule has 2 aromatic rings. The third kappa shape index (κ3) is 6.04. The Balaban J connectivity index is 1.53. The van der Waals surface area contributed by atoms with Gasteiger partial charge in [-0.3, -0.25) is 14.9 Å². The molecule has 2 N–H and O–H groups in total. The largest absolute Gasteiger partial charge is 0.368 e. The number of hydrogen-bond acceptors (Lipinski definition) is 4. The summed E-state index contributed by atoms with van der Waals surface area (Å²) in [5.41, 5.74) is 4.57. The first-order valence-corrected chi connectivity index (χ1v) is 11.0. The first-order valence-electron chi connectivity index (χ1n) is 10.6. The van der Waals surface area contributed by atoms with Crippen LogP contribution < -0.4 is 15.5 Å². The Bertz CT molecular complexity index is 944. The molecule has 31 heavy (non-hydrogen) atoms. The lowest BCUT2D eigenvalue weighted by Crippen LogP contribution is -2.49. The van der Waals surface area contributed by atoms with Crippen molar-refractivity contribution >= 4 is 40.5 Å². The molecule has 1 aliphatic rings. The Kier molecular flexibility index (Phi) is 7.28. The third-order valence-electron chi connectivity index (χ3n) is 5.29. The molecule has 1 aliphatic heterocycles. The van der Waals surface area contributed by atoms with Crippen LogP contribution in [0.4, 0.5) is 11.4 Å². The molecule has 1 fully saturated rings. The van der Waals surface area contributed by atoms with E-state index >= 15 is 0 Å². The number of anilines is 2. The van der Waals surface area contributed by atoms with Gasteiger partial charge in [0.1, 0.15) is 0 Å². The third-order valence-corrected chi connectivity index (χ3v) is 5.49. The van der Waals surface area contributed by atoms with Crippen molar-refractivity contribution in [1.82, 2.24) is 10.2 Å². The van der Waals surface area contributed by atoms with E-state index < -0.39 is 0 Å². The van der Waals surface area contributed by atoms with E-state index in [-0.39, 0.29) is 22.8 Å². The first-order chi connectivity index (χ1) is 14.7. The molecule has 164 valence electrons. The minimum Gasteiger partial charge on any atom is -0.368 e. The molecular weight excluding hydrogens is 408 g/mol. The van der Waals surface area contributed by atoms with Crippen molar-refractivity contribution in [3.63, 3.8) is 0 Å². The molecule has 0 saturated carbocycles. The summed E-state index contributed by atoms with van der Waals surface area (Å²) in [5, 5.41) is 6.06. The minimum atomic E-state index is -0.227. The summed E-state index contributed by atoms with van der Waals surface area (Å²) in [7, 11) is 0. The Morgan fingerprint density at radius 3 is 2.06 bits per heavy atom. The molecular formula is C24H30N4O2S. The number of nitrogens with zero attached hydrogens (tertiary/aromatic N) is 2. The van der Waals surface area contributed by atoms with Crippen molar-refractivity contribution in [3.8, 4) is 0 Å². The van der Waals surface area contributed by atoms with Crippen LogP contribution in [0.15, 0.2) is 42.5 Å². The zero-order valence-corrected chi connectivity index (χ0v) is 19.4. The number of rotatable bonds is 4. The van der Waals surface area contributed by atoms with Crippen LogP contribution in [0.5, 0.6) is 0 Å². The molecule has 0 unspecified atom stereocenters. The molecule has 7 heteroatoms. The maximum atomic E-state index is 12.5. The summed E-state index contributed by atoms with van der Waals surface area (Å²) in [5.74, 6) is 0.0292. The van der Waals surface area contributed by atoms with Gasteiger partial charge in [-0.2, -0.15) is 0 Å². The highest BCUT2D eigenvalue weighted by Gasteiger charge is 2.22. The summed E-state index contributed by atoms with van der Waals surface area (Å²) in [6.45, 7) is 10.9. The van der Waals surface area contributed by atoms with Crippen LogP contribution in [0.2, 0.25) is 0 Å². The van der Waals surface area contributed by atoms with Crippen molar-refractivity contribution < 1.29 is 9.59 Å². The lowest BCUT2D eigenvalue weighted by molar-refractivity contribution is -0.134. The standard InChI is InChI=1S/C24H30N4O2S/c1-16(2)23(30)28-11-9-27(10-12-28)21-7-5-20(6-8-21)25-24(31)26-22(29)19-14-17(3)13-18(4)15-19/h5-8,13-16H,9-12H2,1-4H3,(H2,25,26,29,31). The summed E-state index contributed by atoms with van der Waals surface area (Å²) in [4.78, 5) is 28.8. The fraction of sp³-hybridized carbons (Fsp3) is 0.375. The van der Waals surface area contributed by atoms with Crippen LogP contribution in [0.1, 0.15) is 35.3 Å². The Labute approximate surface area is 189 Å². The summed E-state index contributed by atoms with van der Waals surface area (Å²) in [6.07, 6.45) is 0. The van der Waals surface area contributed by atoms with Crippen molar-refractivity contribution in [2.75, 3.05) is 36.4 Å². The molecule has 2 aromatic carbocycles. The van der Waals surface area contributed by atoms with E-state index in [1.807, 2.05) is 75.1 Å². The van der Waals surface area contributed by atoms with Crippen molar-refractivity contribution in [1.29, 1.82) is 0 Å². The second-order valence-corrected chi connectivity index (χ2v) is 8.71. The van der Waals surface area contributed by atoms with Crippen molar-refractivity contribution in [2.24, 2.45) is 5.92 Å². The molecule has 0 aliphatic carbocycles. The number of carbonyl (C=O) groups excluding carboxylic acids is 2. The SMILES string of the molecule is Cc1cc(C)cc(C(=O)NC(=S)Nc2ccc(N3CCN(C(=O)C(C)C)CC3)cc2)c1. The monoisotopic (exact) mass is 438 g/mol. The van der Waals surface area contributed by atoms with E-state index in [1.54, 1.807) is 0 Å². The number of piperazine rings is 1. The number of thiocarbonyl (C=S) groups is 1. The molecule has 1 saturated heterocycles. The van der Waals surface area contributed by atoms with Gasteiger partial charge in [-0.25, -0.2) is 0 Å². The number of amides is 2. The lowest BCUT2D eigenvalue weighted by atomic mass is 10.1. The minimum absolute atomic E-state index is 0.0381. The number of benzene rings is 2. The Morgan fingerprint density at radius 1 is 0.935 bits per heavy atom. The van der Waals surface area contributed by atoms with Crippen LogP contribution in [0.25, 0.3) is 0 Å². The van der Waals surface area contributed by atoms with Gasteiger partial charge in [-0.1, -0.05) is 31.0 Å². The average molecular weight is 439 g/mol. The summed E-state index contributed by atoms with van der Waals surface area (Å²) >= 11 is 5.30. The number of aryl methyl sites for hydroxylation is 2. The van der Waals surface area contributed by atoms with Crippen molar-refractivity contribution in [3.05, 3.63) is 59.2 Å². The van der Waals surface area contributed by atoms with E-state index in [0.29, 0.717) is 5.56 Å². The van der Waals surface area contributed by atoms with E-state index in [0.717, 1.165) is 48.7 Å². The number of carbonyl (C=O) groups is 2. The molecule has 1 heterocycles. The van der Waals surface area contributed by atoms with Gasteiger partial charge in [0, 0.05) is 49.0 Å². The molecule has 0 atom stereocenters. The van der Waals surface area contributed by atoms with Gasteiger partial charge >= 0.3 is 0 Å². The van der Waals surface area contributed by atoms with E-state index in [2.05, 4.69) is 15.5 Å². The maximum Gasteiger partial charge on any atom is 0.257 e. The molecule has 6 nitrogen and oxygen atoms in total. The van der Waals surface area contributed by atoms with Gasteiger partial charge in [0.2, 0.25) is 5.91 Å². The zero-order chi connectivity index (χ0) is 22.5. The molecule has 3 rings (SSSR count). The number of nitrogens with one attached hydrogen (secondary N) is 2. The van der Waals surface area contributed by atoms with Crippen molar-refractivity contribution in [2.45, 2.75) is 27.7 Å².